The number of anilines is 1. The number of hydrogen-bond acceptors (Lipinski definition) is 5. The van der Waals surface area contributed by atoms with E-state index < -0.39 is 21.5 Å². The maximum absolute atomic E-state index is 12.5. The van der Waals surface area contributed by atoms with Crippen molar-refractivity contribution >= 4 is 44.8 Å². The molecule has 2 aromatic rings. The van der Waals surface area contributed by atoms with Crippen molar-refractivity contribution in [1.82, 2.24) is 14.1 Å². The summed E-state index contributed by atoms with van der Waals surface area (Å²) in [6, 6.07) is 5.86. The van der Waals surface area contributed by atoms with Gasteiger partial charge in [-0.1, -0.05) is 23.2 Å². The lowest BCUT2D eigenvalue weighted by atomic mass is 10.3. The minimum absolute atomic E-state index is 0.00752. The Hall–Kier alpha value is -1.94. The van der Waals surface area contributed by atoms with Crippen molar-refractivity contribution < 1.29 is 13.2 Å². The number of hydrogen-bond donors (Lipinski definition) is 1. The van der Waals surface area contributed by atoms with Gasteiger partial charge in [0.05, 0.1) is 16.1 Å². The first-order valence-electron chi connectivity index (χ1n) is 8.10. The molecule has 0 spiro atoms. The van der Waals surface area contributed by atoms with Crippen LogP contribution in [-0.4, -0.2) is 41.5 Å². The molecule has 0 radical (unpaired) electrons. The van der Waals surface area contributed by atoms with Gasteiger partial charge in [-0.3, -0.25) is 9.59 Å². The third-order valence-electron chi connectivity index (χ3n) is 4.08. The summed E-state index contributed by atoms with van der Waals surface area (Å²) in [5.74, 6) is -0.516. The molecule has 0 atom stereocenters. The van der Waals surface area contributed by atoms with Gasteiger partial charge in [0.1, 0.15) is 11.6 Å². The van der Waals surface area contributed by atoms with Crippen molar-refractivity contribution in [3.05, 3.63) is 50.9 Å². The Morgan fingerprint density at radius 2 is 1.78 bits per heavy atom. The molecule has 0 aliphatic carbocycles. The Labute approximate surface area is 165 Å². The third-order valence-corrected chi connectivity index (χ3v) is 6.74. The Morgan fingerprint density at radius 3 is 2.41 bits per heavy atom. The molecule has 1 amide bonds. The van der Waals surface area contributed by atoms with Crippen LogP contribution in [0.3, 0.4) is 0 Å². The summed E-state index contributed by atoms with van der Waals surface area (Å²) < 4.78 is 27.3. The summed E-state index contributed by atoms with van der Waals surface area (Å²) in [7, 11) is -3.51. The van der Waals surface area contributed by atoms with Gasteiger partial charge in [0.15, 0.2) is 0 Å². The van der Waals surface area contributed by atoms with Crippen LogP contribution < -0.4 is 10.9 Å². The van der Waals surface area contributed by atoms with E-state index in [2.05, 4.69) is 10.4 Å². The molecular formula is C16H16Cl2N4O4S. The molecule has 0 saturated carbocycles. The van der Waals surface area contributed by atoms with E-state index in [1.807, 2.05) is 0 Å². The summed E-state index contributed by atoms with van der Waals surface area (Å²) >= 11 is 11.4. The first-order chi connectivity index (χ1) is 12.8. The molecule has 0 unspecified atom stereocenters. The van der Waals surface area contributed by atoms with Crippen LogP contribution in [0, 0.1) is 0 Å². The van der Waals surface area contributed by atoms with E-state index in [1.165, 1.54) is 34.8 Å². The summed E-state index contributed by atoms with van der Waals surface area (Å²) in [6.45, 7) is 0.683. The molecule has 11 heteroatoms. The van der Waals surface area contributed by atoms with E-state index in [-0.39, 0.29) is 21.5 Å². The van der Waals surface area contributed by atoms with Gasteiger partial charge in [-0.15, -0.1) is 0 Å². The van der Waals surface area contributed by atoms with Crippen LogP contribution in [-0.2, 0) is 21.4 Å². The van der Waals surface area contributed by atoms with E-state index in [0.29, 0.717) is 18.8 Å². The maximum atomic E-state index is 12.5. The molecule has 144 valence electrons. The molecule has 1 aliphatic heterocycles. The largest absolute Gasteiger partial charge is 0.324 e. The SMILES string of the molecule is O=C(Cn1ncc(Cl)c(Cl)c1=O)Nc1ccc(S(=O)(=O)N2CCCC2)cc1. The fraction of sp³-hybridized carbons (Fsp3) is 0.312. The molecule has 1 fully saturated rings. The van der Waals surface area contributed by atoms with Crippen LogP contribution in [0.2, 0.25) is 10.0 Å². The number of halogens is 2. The highest BCUT2D eigenvalue weighted by molar-refractivity contribution is 7.89. The van der Waals surface area contributed by atoms with Gasteiger partial charge in [-0.2, -0.15) is 9.40 Å². The van der Waals surface area contributed by atoms with Crippen LogP contribution in [0.1, 0.15) is 12.8 Å². The highest BCUT2D eigenvalue weighted by Gasteiger charge is 2.26. The molecule has 1 aromatic carbocycles. The summed E-state index contributed by atoms with van der Waals surface area (Å²) in [5, 5.41) is 6.13. The van der Waals surface area contributed by atoms with Crippen LogP contribution in [0.25, 0.3) is 0 Å². The van der Waals surface area contributed by atoms with Crippen molar-refractivity contribution in [2.45, 2.75) is 24.3 Å². The van der Waals surface area contributed by atoms with Crippen molar-refractivity contribution in [3.8, 4) is 0 Å². The lowest BCUT2D eigenvalue weighted by Crippen LogP contribution is -2.30. The number of benzene rings is 1. The van der Waals surface area contributed by atoms with Gasteiger partial charge in [0, 0.05) is 18.8 Å². The van der Waals surface area contributed by atoms with Crippen LogP contribution in [0.15, 0.2) is 40.2 Å². The lowest BCUT2D eigenvalue weighted by Gasteiger charge is -2.15. The number of nitrogens with one attached hydrogen (secondary N) is 1. The number of aromatic nitrogens is 2. The number of nitrogens with zero attached hydrogens (tertiary/aromatic N) is 3. The van der Waals surface area contributed by atoms with Crippen molar-refractivity contribution in [3.63, 3.8) is 0 Å². The van der Waals surface area contributed by atoms with Crippen molar-refractivity contribution in [2.75, 3.05) is 18.4 Å². The Balaban J connectivity index is 1.69. The minimum atomic E-state index is -3.51. The molecule has 1 aromatic heterocycles. The number of rotatable bonds is 5. The summed E-state index contributed by atoms with van der Waals surface area (Å²) in [5.41, 5.74) is -0.278. The van der Waals surface area contributed by atoms with Gasteiger partial charge in [0.2, 0.25) is 15.9 Å². The van der Waals surface area contributed by atoms with Gasteiger partial charge < -0.3 is 5.32 Å². The molecule has 3 rings (SSSR count). The first-order valence-corrected chi connectivity index (χ1v) is 10.3. The van der Waals surface area contributed by atoms with Gasteiger partial charge >= 0.3 is 0 Å². The van der Waals surface area contributed by atoms with Crippen molar-refractivity contribution in [1.29, 1.82) is 0 Å². The summed E-state index contributed by atoms with van der Waals surface area (Å²) in [4.78, 5) is 24.2. The van der Waals surface area contributed by atoms with Gasteiger partial charge in [-0.25, -0.2) is 13.1 Å². The standard InChI is InChI=1S/C16H16Cl2N4O4S/c17-13-9-19-22(16(24)15(13)18)10-14(23)20-11-3-5-12(6-4-11)27(25,26)21-7-1-2-8-21/h3-6,9H,1-2,7-8,10H2,(H,20,23). The van der Waals surface area contributed by atoms with Crippen molar-refractivity contribution in [2.24, 2.45) is 0 Å². The number of sulfonamides is 1. The third kappa shape index (κ3) is 4.32. The monoisotopic (exact) mass is 430 g/mol. The molecule has 1 saturated heterocycles. The van der Waals surface area contributed by atoms with E-state index in [9.17, 15) is 18.0 Å². The number of carbonyl (C=O) groups is 1. The second-order valence-electron chi connectivity index (χ2n) is 5.95. The highest BCUT2D eigenvalue weighted by atomic mass is 35.5. The van der Waals surface area contributed by atoms with Gasteiger partial charge in [0.25, 0.3) is 5.56 Å². The topological polar surface area (TPSA) is 101 Å². The molecule has 0 bridgehead atoms. The lowest BCUT2D eigenvalue weighted by molar-refractivity contribution is -0.117. The zero-order valence-electron chi connectivity index (χ0n) is 14.1. The van der Waals surface area contributed by atoms with E-state index in [1.54, 1.807) is 0 Å². The second kappa shape index (κ2) is 7.97. The van der Waals surface area contributed by atoms with E-state index in [4.69, 9.17) is 23.2 Å². The molecule has 8 nitrogen and oxygen atoms in total. The van der Waals surface area contributed by atoms with Crippen LogP contribution in [0.4, 0.5) is 5.69 Å². The average Bonchev–Trinajstić information content (AvgIpc) is 3.18. The smallest absolute Gasteiger partial charge is 0.287 e. The predicted molar refractivity (Wildman–Crippen MR) is 102 cm³/mol. The Kier molecular flexibility index (Phi) is 5.85. The fourth-order valence-electron chi connectivity index (χ4n) is 2.68. The highest BCUT2D eigenvalue weighted by Crippen LogP contribution is 2.22. The molecular weight excluding hydrogens is 415 g/mol. The van der Waals surface area contributed by atoms with E-state index in [0.717, 1.165) is 17.5 Å². The molecule has 1 aliphatic rings. The summed E-state index contributed by atoms with van der Waals surface area (Å²) in [6.07, 6.45) is 2.89. The maximum Gasteiger partial charge on any atom is 0.287 e. The average molecular weight is 431 g/mol. The Morgan fingerprint density at radius 1 is 1.15 bits per heavy atom. The normalized spacial score (nSPS) is 15.0. The zero-order valence-corrected chi connectivity index (χ0v) is 16.4. The first kappa shape index (κ1) is 19.8. The van der Waals surface area contributed by atoms with E-state index >= 15 is 0 Å². The minimum Gasteiger partial charge on any atom is -0.324 e. The second-order valence-corrected chi connectivity index (χ2v) is 8.68. The van der Waals surface area contributed by atoms with Gasteiger partial charge in [-0.05, 0) is 37.1 Å². The molecule has 27 heavy (non-hydrogen) atoms. The predicted octanol–water partition coefficient (Wildman–Crippen LogP) is 1.97. The zero-order chi connectivity index (χ0) is 19.6. The Bertz CT molecular complexity index is 1020. The van der Waals surface area contributed by atoms with Crippen LogP contribution in [0.5, 0.6) is 0 Å². The molecule has 2 heterocycles. The van der Waals surface area contributed by atoms with Crippen LogP contribution >= 0.6 is 23.2 Å². The fourth-order valence-corrected chi connectivity index (χ4v) is 4.47. The molecule has 1 N–H and O–H groups in total. The number of amides is 1. The quantitative estimate of drug-likeness (QED) is 0.780. The number of carbonyl (C=O) groups excluding carboxylic acids is 1.